The Balaban J connectivity index is 3.15. The summed E-state index contributed by atoms with van der Waals surface area (Å²) in [7, 11) is 0. The highest BCUT2D eigenvalue weighted by molar-refractivity contribution is 5.83. The molecule has 0 aromatic heterocycles. The fourth-order valence-electron chi connectivity index (χ4n) is 0.995. The van der Waals surface area contributed by atoms with Crippen molar-refractivity contribution in [2.75, 3.05) is 0 Å². The third-order valence-corrected chi connectivity index (χ3v) is 1.56. The average molecular weight is 194 g/mol. The number of hydrogen-bond donors (Lipinski definition) is 3. The molecular weight excluding hydrogens is 183 g/mol. The van der Waals surface area contributed by atoms with E-state index in [1.54, 1.807) is 18.2 Å². The Kier molecular flexibility index (Phi) is 3.06. The van der Waals surface area contributed by atoms with E-state index in [9.17, 15) is 4.39 Å². The number of hydrogen-bond acceptors (Lipinski definition) is 2. The SMILES string of the molecule is N/C=C(\N=C(N)N)c1ccccc1F. The zero-order chi connectivity index (χ0) is 10.6. The fourth-order valence-corrected chi connectivity index (χ4v) is 0.995. The van der Waals surface area contributed by atoms with Crippen molar-refractivity contribution in [3.8, 4) is 0 Å². The summed E-state index contributed by atoms with van der Waals surface area (Å²) < 4.78 is 13.2. The van der Waals surface area contributed by atoms with Gasteiger partial charge < -0.3 is 17.2 Å². The summed E-state index contributed by atoms with van der Waals surface area (Å²) in [5.41, 5.74) is 16.1. The average Bonchev–Trinajstić information content (AvgIpc) is 2.15. The van der Waals surface area contributed by atoms with E-state index in [1.807, 2.05) is 0 Å². The molecule has 14 heavy (non-hydrogen) atoms. The van der Waals surface area contributed by atoms with Crippen LogP contribution in [0.3, 0.4) is 0 Å². The summed E-state index contributed by atoms with van der Waals surface area (Å²) >= 11 is 0. The van der Waals surface area contributed by atoms with Crippen LogP contribution in [0.5, 0.6) is 0 Å². The maximum Gasteiger partial charge on any atom is 0.191 e. The second-order valence-electron chi connectivity index (χ2n) is 2.57. The molecule has 0 saturated heterocycles. The number of nitrogens with zero attached hydrogens (tertiary/aromatic N) is 1. The van der Waals surface area contributed by atoms with E-state index in [2.05, 4.69) is 4.99 Å². The molecule has 0 bridgehead atoms. The van der Waals surface area contributed by atoms with Crippen molar-refractivity contribution < 1.29 is 4.39 Å². The second kappa shape index (κ2) is 4.27. The van der Waals surface area contributed by atoms with Crippen LogP contribution < -0.4 is 17.2 Å². The first kappa shape index (κ1) is 10.0. The van der Waals surface area contributed by atoms with E-state index in [0.29, 0.717) is 0 Å². The van der Waals surface area contributed by atoms with Crippen LogP contribution in [0, 0.1) is 5.82 Å². The molecule has 0 heterocycles. The molecule has 0 saturated carbocycles. The first-order valence-electron chi connectivity index (χ1n) is 3.91. The maximum absolute atomic E-state index is 13.2. The highest BCUT2D eigenvalue weighted by atomic mass is 19.1. The molecule has 0 spiro atoms. The first-order chi connectivity index (χ1) is 6.65. The minimum absolute atomic E-state index is 0.162. The lowest BCUT2D eigenvalue weighted by Gasteiger charge is -2.02. The molecule has 0 fully saturated rings. The predicted molar refractivity (Wildman–Crippen MR) is 54.4 cm³/mol. The van der Waals surface area contributed by atoms with E-state index in [1.165, 1.54) is 6.07 Å². The lowest BCUT2D eigenvalue weighted by molar-refractivity contribution is 0.623. The minimum atomic E-state index is -0.422. The highest BCUT2D eigenvalue weighted by Gasteiger charge is 2.05. The third-order valence-electron chi connectivity index (χ3n) is 1.56. The summed E-state index contributed by atoms with van der Waals surface area (Å²) in [6.07, 6.45) is 1.15. The zero-order valence-electron chi connectivity index (χ0n) is 7.44. The van der Waals surface area contributed by atoms with Gasteiger partial charge in [-0.1, -0.05) is 12.1 Å². The van der Waals surface area contributed by atoms with Gasteiger partial charge in [0.1, 0.15) is 5.82 Å². The summed E-state index contributed by atoms with van der Waals surface area (Å²) in [5.74, 6) is -0.584. The molecule has 5 heteroatoms. The molecule has 1 rings (SSSR count). The fraction of sp³-hybridized carbons (Fsp3) is 0. The van der Waals surface area contributed by atoms with Crippen LogP contribution in [0.1, 0.15) is 5.56 Å². The van der Waals surface area contributed by atoms with E-state index < -0.39 is 5.82 Å². The molecule has 0 aliphatic carbocycles. The second-order valence-corrected chi connectivity index (χ2v) is 2.57. The van der Waals surface area contributed by atoms with Crippen LogP contribution in [0.25, 0.3) is 5.70 Å². The molecule has 0 aliphatic rings. The van der Waals surface area contributed by atoms with Crippen molar-refractivity contribution in [3.63, 3.8) is 0 Å². The van der Waals surface area contributed by atoms with Crippen LogP contribution >= 0.6 is 0 Å². The molecule has 1 aromatic rings. The van der Waals surface area contributed by atoms with Crippen LogP contribution in [-0.2, 0) is 0 Å². The highest BCUT2D eigenvalue weighted by Crippen LogP contribution is 2.17. The van der Waals surface area contributed by atoms with Gasteiger partial charge in [-0.2, -0.15) is 0 Å². The Bertz CT molecular complexity index is 380. The van der Waals surface area contributed by atoms with Gasteiger partial charge >= 0.3 is 0 Å². The van der Waals surface area contributed by atoms with Gasteiger partial charge in [0.15, 0.2) is 5.96 Å². The van der Waals surface area contributed by atoms with Gasteiger partial charge in [-0.05, 0) is 12.1 Å². The van der Waals surface area contributed by atoms with Crippen molar-refractivity contribution in [3.05, 3.63) is 41.8 Å². The van der Waals surface area contributed by atoms with E-state index in [-0.39, 0.29) is 17.2 Å². The van der Waals surface area contributed by atoms with Gasteiger partial charge in [-0.3, -0.25) is 0 Å². The van der Waals surface area contributed by atoms with Crippen LogP contribution in [0.15, 0.2) is 35.5 Å². The van der Waals surface area contributed by atoms with Crippen molar-refractivity contribution in [1.82, 2.24) is 0 Å². The van der Waals surface area contributed by atoms with Gasteiger partial charge in [-0.25, -0.2) is 9.38 Å². The van der Waals surface area contributed by atoms with Crippen LogP contribution in [0.4, 0.5) is 4.39 Å². The maximum atomic E-state index is 13.2. The third kappa shape index (κ3) is 2.22. The Morgan fingerprint density at radius 1 is 1.29 bits per heavy atom. The monoisotopic (exact) mass is 194 g/mol. The van der Waals surface area contributed by atoms with Gasteiger partial charge in [-0.15, -0.1) is 0 Å². The van der Waals surface area contributed by atoms with Gasteiger partial charge in [0.2, 0.25) is 0 Å². The van der Waals surface area contributed by atoms with Crippen molar-refractivity contribution in [2.45, 2.75) is 0 Å². The van der Waals surface area contributed by atoms with Crippen LogP contribution in [-0.4, -0.2) is 5.96 Å². The smallest absolute Gasteiger partial charge is 0.191 e. The molecule has 0 unspecified atom stereocenters. The lowest BCUT2D eigenvalue weighted by atomic mass is 10.1. The largest absolute Gasteiger partial charge is 0.403 e. The number of rotatable bonds is 2. The van der Waals surface area contributed by atoms with Gasteiger partial charge in [0, 0.05) is 11.8 Å². The summed E-state index contributed by atoms with van der Waals surface area (Å²) in [4.78, 5) is 3.69. The number of nitrogens with two attached hydrogens (primary N) is 3. The predicted octanol–water partition coefficient (Wildman–Crippen LogP) is 0.356. The van der Waals surface area contributed by atoms with E-state index >= 15 is 0 Å². The first-order valence-corrected chi connectivity index (χ1v) is 3.91. The molecule has 0 radical (unpaired) electrons. The number of halogens is 1. The van der Waals surface area contributed by atoms with E-state index in [0.717, 1.165) is 6.20 Å². The number of aliphatic imine (C=N–C) groups is 1. The Hall–Kier alpha value is -2.04. The lowest BCUT2D eigenvalue weighted by Crippen LogP contribution is -2.22. The normalized spacial score (nSPS) is 11.1. The quantitative estimate of drug-likeness (QED) is 0.469. The summed E-state index contributed by atoms with van der Waals surface area (Å²) in [6.45, 7) is 0. The Morgan fingerprint density at radius 2 is 1.93 bits per heavy atom. The van der Waals surface area contributed by atoms with Crippen molar-refractivity contribution >= 4 is 11.7 Å². The summed E-state index contributed by atoms with van der Waals surface area (Å²) in [6, 6.07) is 6.09. The van der Waals surface area contributed by atoms with Gasteiger partial charge in [0.25, 0.3) is 0 Å². The molecule has 0 aliphatic heterocycles. The summed E-state index contributed by atoms with van der Waals surface area (Å²) in [5, 5.41) is 0. The molecule has 6 N–H and O–H groups in total. The topological polar surface area (TPSA) is 90.4 Å². The van der Waals surface area contributed by atoms with Crippen molar-refractivity contribution in [2.24, 2.45) is 22.2 Å². The van der Waals surface area contributed by atoms with Crippen molar-refractivity contribution in [1.29, 1.82) is 0 Å². The molecule has 0 amide bonds. The molecule has 74 valence electrons. The minimum Gasteiger partial charge on any atom is -0.403 e. The molecule has 1 aromatic carbocycles. The standard InChI is InChI=1S/C9H11FN4/c10-7-4-2-1-3-6(7)8(5-11)14-9(12)13/h1-5H,11H2,(H4,12,13,14)/b8-5-. The number of benzene rings is 1. The zero-order valence-corrected chi connectivity index (χ0v) is 7.44. The van der Waals surface area contributed by atoms with Gasteiger partial charge in [0.05, 0.1) is 5.70 Å². The Labute approximate surface area is 80.9 Å². The van der Waals surface area contributed by atoms with Crippen LogP contribution in [0.2, 0.25) is 0 Å². The molecular formula is C9H11FN4. The number of guanidine groups is 1. The Morgan fingerprint density at radius 3 is 2.43 bits per heavy atom. The molecule has 4 nitrogen and oxygen atoms in total. The van der Waals surface area contributed by atoms with E-state index in [4.69, 9.17) is 17.2 Å². The molecule has 0 atom stereocenters.